The summed E-state index contributed by atoms with van der Waals surface area (Å²) in [5, 5.41) is 11.1. The highest BCUT2D eigenvalue weighted by Crippen LogP contribution is 2.28. The van der Waals surface area contributed by atoms with Crippen LogP contribution in [0.1, 0.15) is 18.1 Å². The number of nitrogens with zero attached hydrogens (tertiary/aromatic N) is 2. The van der Waals surface area contributed by atoms with Crippen LogP contribution in [0.15, 0.2) is 47.4 Å². The fourth-order valence-electron chi connectivity index (χ4n) is 2.45. The summed E-state index contributed by atoms with van der Waals surface area (Å²) >= 11 is 0. The molecule has 144 valence electrons. The van der Waals surface area contributed by atoms with Gasteiger partial charge < -0.3 is 4.74 Å². The molecule has 0 spiro atoms. The highest BCUT2D eigenvalue weighted by atomic mass is 32.2. The van der Waals surface area contributed by atoms with Crippen molar-refractivity contribution >= 4 is 27.4 Å². The van der Waals surface area contributed by atoms with Crippen LogP contribution in [0.3, 0.4) is 0 Å². The predicted molar refractivity (Wildman–Crippen MR) is 100 cm³/mol. The molecular formula is C18H20N2O6S. The molecule has 0 atom stereocenters. The number of carbonyl (C=O) groups is 1. The Morgan fingerprint density at radius 3 is 2.33 bits per heavy atom. The fraction of sp³-hybridized carbons (Fsp3) is 0.278. The number of hydrogen-bond donors (Lipinski definition) is 0. The number of anilines is 1. The molecule has 2 aromatic carbocycles. The second-order valence-electron chi connectivity index (χ2n) is 5.86. The summed E-state index contributed by atoms with van der Waals surface area (Å²) < 4.78 is 32.3. The molecule has 9 heteroatoms. The monoisotopic (exact) mass is 392 g/mol. The second kappa shape index (κ2) is 8.17. The van der Waals surface area contributed by atoms with Gasteiger partial charge in [-0.3, -0.25) is 19.2 Å². The zero-order valence-electron chi connectivity index (χ0n) is 15.2. The molecule has 0 heterocycles. The number of rotatable bonds is 7. The van der Waals surface area contributed by atoms with Gasteiger partial charge in [-0.25, -0.2) is 8.42 Å². The Bertz CT molecular complexity index is 954. The van der Waals surface area contributed by atoms with Crippen LogP contribution < -0.4 is 4.31 Å². The Morgan fingerprint density at radius 1 is 1.15 bits per heavy atom. The first kappa shape index (κ1) is 20.4. The van der Waals surface area contributed by atoms with Crippen LogP contribution in [0.2, 0.25) is 0 Å². The van der Waals surface area contributed by atoms with Crippen molar-refractivity contribution in [2.75, 3.05) is 17.5 Å². The normalized spacial score (nSPS) is 11.1. The van der Waals surface area contributed by atoms with E-state index < -0.39 is 27.5 Å². The Morgan fingerprint density at radius 2 is 1.78 bits per heavy atom. The van der Waals surface area contributed by atoms with Crippen molar-refractivity contribution in [3.63, 3.8) is 0 Å². The van der Waals surface area contributed by atoms with Gasteiger partial charge in [-0.1, -0.05) is 23.8 Å². The minimum atomic E-state index is -4.24. The molecule has 0 amide bonds. The molecule has 0 unspecified atom stereocenters. The van der Waals surface area contributed by atoms with Gasteiger partial charge in [0.15, 0.2) is 0 Å². The quantitative estimate of drug-likeness (QED) is 0.407. The lowest BCUT2D eigenvalue weighted by atomic mass is 10.2. The van der Waals surface area contributed by atoms with E-state index in [9.17, 15) is 23.3 Å². The third-order valence-electron chi connectivity index (χ3n) is 3.85. The Kier molecular flexibility index (Phi) is 6.17. The van der Waals surface area contributed by atoms with Gasteiger partial charge in [0.05, 0.1) is 22.1 Å². The van der Waals surface area contributed by atoms with Crippen LogP contribution in [0.25, 0.3) is 0 Å². The molecule has 0 aromatic heterocycles. The summed E-state index contributed by atoms with van der Waals surface area (Å²) in [6, 6.07) is 10.2. The molecule has 0 fully saturated rings. The number of hydrogen-bond acceptors (Lipinski definition) is 6. The summed E-state index contributed by atoms with van der Waals surface area (Å²) in [5.41, 5.74) is 1.17. The summed E-state index contributed by atoms with van der Waals surface area (Å²) in [5.74, 6) is -0.718. The van der Waals surface area contributed by atoms with E-state index in [0.717, 1.165) is 15.9 Å². The van der Waals surface area contributed by atoms with Gasteiger partial charge in [0, 0.05) is 12.1 Å². The number of nitro groups is 1. The molecule has 27 heavy (non-hydrogen) atoms. The topological polar surface area (TPSA) is 107 Å². The zero-order valence-corrected chi connectivity index (χ0v) is 16.0. The molecule has 8 nitrogen and oxygen atoms in total. The average Bonchev–Trinajstić information content (AvgIpc) is 2.60. The van der Waals surface area contributed by atoms with E-state index in [4.69, 9.17) is 4.74 Å². The lowest BCUT2D eigenvalue weighted by molar-refractivity contribution is -0.385. The third-order valence-corrected chi connectivity index (χ3v) is 5.77. The number of carbonyl (C=O) groups excluding carboxylic acids is 1. The van der Waals surface area contributed by atoms with Crippen molar-refractivity contribution in [2.24, 2.45) is 0 Å². The van der Waals surface area contributed by atoms with Crippen molar-refractivity contribution in [3.05, 3.63) is 63.7 Å². The van der Waals surface area contributed by atoms with E-state index in [-0.39, 0.29) is 22.9 Å². The van der Waals surface area contributed by atoms with Crippen molar-refractivity contribution in [1.29, 1.82) is 0 Å². The van der Waals surface area contributed by atoms with E-state index in [1.54, 1.807) is 31.2 Å². The lowest BCUT2D eigenvalue weighted by Crippen LogP contribution is -2.37. The first-order valence-electron chi connectivity index (χ1n) is 8.17. The molecule has 2 aromatic rings. The zero-order chi connectivity index (χ0) is 20.2. The summed E-state index contributed by atoms with van der Waals surface area (Å²) in [6.45, 7) is 4.57. The van der Waals surface area contributed by atoms with Crippen molar-refractivity contribution in [1.82, 2.24) is 0 Å². The van der Waals surface area contributed by atoms with Crippen molar-refractivity contribution < 1.29 is 22.9 Å². The lowest BCUT2D eigenvalue weighted by Gasteiger charge is -2.24. The highest BCUT2D eigenvalue weighted by Gasteiger charge is 2.30. The summed E-state index contributed by atoms with van der Waals surface area (Å²) in [7, 11) is -4.24. The molecular weight excluding hydrogens is 372 g/mol. The molecule has 0 saturated heterocycles. The molecule has 0 saturated carbocycles. The second-order valence-corrected chi connectivity index (χ2v) is 7.69. The van der Waals surface area contributed by atoms with Gasteiger partial charge in [0.2, 0.25) is 0 Å². The molecule has 0 N–H and O–H groups in total. The summed E-state index contributed by atoms with van der Waals surface area (Å²) in [4.78, 5) is 22.1. The maximum Gasteiger partial charge on any atom is 0.326 e. The maximum atomic E-state index is 13.2. The van der Waals surface area contributed by atoms with Gasteiger partial charge in [-0.05, 0) is 38.5 Å². The van der Waals surface area contributed by atoms with Gasteiger partial charge in [-0.15, -0.1) is 0 Å². The molecule has 0 aliphatic rings. The molecule has 0 aliphatic heterocycles. The van der Waals surface area contributed by atoms with E-state index in [0.29, 0.717) is 5.56 Å². The number of nitro benzene ring substituents is 1. The van der Waals surface area contributed by atoms with E-state index in [1.807, 2.05) is 6.92 Å². The number of aryl methyl sites for hydroxylation is 2. The van der Waals surface area contributed by atoms with E-state index in [2.05, 4.69) is 0 Å². The van der Waals surface area contributed by atoms with E-state index in [1.165, 1.54) is 19.1 Å². The van der Waals surface area contributed by atoms with Crippen LogP contribution in [-0.2, 0) is 19.6 Å². The molecule has 0 bridgehead atoms. The van der Waals surface area contributed by atoms with E-state index >= 15 is 0 Å². The summed E-state index contributed by atoms with van der Waals surface area (Å²) in [6.07, 6.45) is 0. The smallest absolute Gasteiger partial charge is 0.326 e. The van der Waals surface area contributed by atoms with Crippen LogP contribution in [-0.4, -0.2) is 32.5 Å². The number of sulfonamides is 1. The van der Waals surface area contributed by atoms with Crippen LogP contribution in [0, 0.1) is 24.0 Å². The molecule has 0 aliphatic carbocycles. The maximum absolute atomic E-state index is 13.2. The largest absolute Gasteiger partial charge is 0.465 e. The standard InChI is InChI=1S/C18H20N2O6S/c1-4-26-18(21)12-19(15-8-5-13(2)6-9-15)27(24,25)17-11-16(20(22)23)10-7-14(17)3/h5-11H,4,12H2,1-3H3. The first-order valence-corrected chi connectivity index (χ1v) is 9.61. The SMILES string of the molecule is CCOC(=O)CN(c1ccc(C)cc1)S(=O)(=O)c1cc([N+](=O)[O-])ccc1C. The average molecular weight is 392 g/mol. The van der Waals surface area contributed by atoms with Crippen molar-refractivity contribution in [3.8, 4) is 0 Å². The Hall–Kier alpha value is -2.94. The van der Waals surface area contributed by atoms with Crippen LogP contribution in [0.4, 0.5) is 11.4 Å². The molecule has 2 rings (SSSR count). The van der Waals surface area contributed by atoms with Gasteiger partial charge in [0.1, 0.15) is 6.54 Å². The van der Waals surface area contributed by atoms with Gasteiger partial charge in [0.25, 0.3) is 15.7 Å². The van der Waals surface area contributed by atoms with Gasteiger partial charge in [-0.2, -0.15) is 0 Å². The molecule has 0 radical (unpaired) electrons. The number of benzene rings is 2. The van der Waals surface area contributed by atoms with Gasteiger partial charge >= 0.3 is 5.97 Å². The Labute approximate surface area is 157 Å². The number of esters is 1. The van der Waals surface area contributed by atoms with Crippen molar-refractivity contribution in [2.45, 2.75) is 25.7 Å². The Balaban J connectivity index is 2.59. The third kappa shape index (κ3) is 4.62. The van der Waals surface area contributed by atoms with Crippen LogP contribution >= 0.6 is 0 Å². The fourth-order valence-corrected chi connectivity index (χ4v) is 4.11. The minimum absolute atomic E-state index is 0.108. The van der Waals surface area contributed by atoms with Crippen LogP contribution in [0.5, 0.6) is 0 Å². The predicted octanol–water partition coefficient (Wildman–Crippen LogP) is 2.97. The first-order chi connectivity index (χ1) is 12.7. The number of ether oxygens (including phenoxy) is 1. The number of non-ortho nitro benzene ring substituents is 1. The highest BCUT2D eigenvalue weighted by molar-refractivity contribution is 7.93. The minimum Gasteiger partial charge on any atom is -0.465 e.